The predicted octanol–water partition coefficient (Wildman–Crippen LogP) is 4.56. The zero-order valence-electron chi connectivity index (χ0n) is 11.0. The zero-order valence-corrected chi connectivity index (χ0v) is 11.8. The summed E-state index contributed by atoms with van der Waals surface area (Å²) >= 11 is 5.59. The van der Waals surface area contributed by atoms with Gasteiger partial charge in [0, 0.05) is 5.88 Å². The van der Waals surface area contributed by atoms with E-state index >= 15 is 0 Å². The van der Waals surface area contributed by atoms with Gasteiger partial charge in [-0.05, 0) is 37.1 Å². The first kappa shape index (κ1) is 16.0. The van der Waals surface area contributed by atoms with Gasteiger partial charge in [-0.1, -0.05) is 25.7 Å². The molecule has 1 rings (SSSR count). The minimum Gasteiger partial charge on any atom is -0.462 e. The summed E-state index contributed by atoms with van der Waals surface area (Å²) in [6, 6.07) is 5.38. The molecule has 1 aromatic rings. The van der Waals surface area contributed by atoms with Gasteiger partial charge in [0.1, 0.15) is 5.82 Å². The van der Waals surface area contributed by atoms with Gasteiger partial charge >= 0.3 is 5.97 Å². The summed E-state index contributed by atoms with van der Waals surface area (Å²) in [4.78, 5) is 11.6. The first-order chi connectivity index (χ1) is 9.24. The third kappa shape index (κ3) is 7.16. The number of carbonyl (C=O) groups is 1. The van der Waals surface area contributed by atoms with E-state index in [2.05, 4.69) is 0 Å². The molecule has 1 aromatic carbocycles. The molecule has 2 nitrogen and oxygen atoms in total. The average Bonchev–Trinajstić information content (AvgIpc) is 2.42. The van der Waals surface area contributed by atoms with E-state index in [1.807, 2.05) is 0 Å². The van der Waals surface area contributed by atoms with Crippen LogP contribution in [-0.4, -0.2) is 18.5 Å². The van der Waals surface area contributed by atoms with Crippen LogP contribution in [0.1, 0.15) is 48.9 Å². The van der Waals surface area contributed by atoms with Crippen molar-refractivity contribution in [2.75, 3.05) is 12.5 Å². The molecular weight excluding hydrogens is 267 g/mol. The molecule has 4 heteroatoms. The Morgan fingerprint density at radius 1 is 1.00 bits per heavy atom. The molecule has 0 amide bonds. The van der Waals surface area contributed by atoms with E-state index in [0.717, 1.165) is 31.6 Å². The summed E-state index contributed by atoms with van der Waals surface area (Å²) in [5.41, 5.74) is 0.392. The second-order valence-corrected chi connectivity index (χ2v) is 4.83. The van der Waals surface area contributed by atoms with Crippen LogP contribution in [0, 0.1) is 5.82 Å². The second-order valence-electron chi connectivity index (χ2n) is 4.45. The van der Waals surface area contributed by atoms with Crippen LogP contribution in [0.25, 0.3) is 0 Å². The Kier molecular flexibility index (Phi) is 8.23. The fraction of sp³-hybridized carbons (Fsp3) is 0.533. The van der Waals surface area contributed by atoms with Crippen molar-refractivity contribution in [3.8, 4) is 0 Å². The number of ether oxygens (including phenoxy) is 1. The third-order valence-electron chi connectivity index (χ3n) is 2.84. The molecule has 0 atom stereocenters. The minimum absolute atomic E-state index is 0.353. The van der Waals surface area contributed by atoms with E-state index in [4.69, 9.17) is 16.3 Å². The SMILES string of the molecule is O=C(OCCCCCCCCCl)c1ccc(F)cc1. The summed E-state index contributed by atoms with van der Waals surface area (Å²) in [6.45, 7) is 0.422. The van der Waals surface area contributed by atoms with Crippen molar-refractivity contribution < 1.29 is 13.9 Å². The van der Waals surface area contributed by atoms with Crippen LogP contribution in [0.3, 0.4) is 0 Å². The molecule has 0 spiro atoms. The quantitative estimate of drug-likeness (QED) is 0.378. The van der Waals surface area contributed by atoms with Gasteiger partial charge < -0.3 is 4.74 Å². The summed E-state index contributed by atoms with van der Waals surface area (Å²) < 4.78 is 17.8. The Labute approximate surface area is 118 Å². The molecule has 0 fully saturated rings. The Hall–Kier alpha value is -1.09. The molecule has 19 heavy (non-hydrogen) atoms. The summed E-state index contributed by atoms with van der Waals surface area (Å²) in [5.74, 6) is -0.00872. The number of halogens is 2. The molecule has 0 heterocycles. The Morgan fingerprint density at radius 3 is 2.21 bits per heavy atom. The molecule has 0 aliphatic rings. The highest BCUT2D eigenvalue weighted by Crippen LogP contribution is 2.08. The van der Waals surface area contributed by atoms with Gasteiger partial charge in [0.25, 0.3) is 0 Å². The molecule has 0 N–H and O–H groups in total. The van der Waals surface area contributed by atoms with Gasteiger partial charge in [0.15, 0.2) is 0 Å². The van der Waals surface area contributed by atoms with Crippen LogP contribution in [0.5, 0.6) is 0 Å². The maximum Gasteiger partial charge on any atom is 0.338 e. The van der Waals surface area contributed by atoms with Gasteiger partial charge in [-0.2, -0.15) is 0 Å². The molecule has 0 unspecified atom stereocenters. The predicted molar refractivity (Wildman–Crippen MR) is 75.1 cm³/mol. The lowest BCUT2D eigenvalue weighted by Gasteiger charge is -2.04. The number of hydrogen-bond donors (Lipinski definition) is 0. The highest BCUT2D eigenvalue weighted by atomic mass is 35.5. The number of alkyl halides is 1. The van der Waals surface area contributed by atoms with Crippen molar-refractivity contribution in [1.29, 1.82) is 0 Å². The van der Waals surface area contributed by atoms with Gasteiger partial charge in [-0.15, -0.1) is 11.6 Å². The lowest BCUT2D eigenvalue weighted by molar-refractivity contribution is 0.0497. The van der Waals surface area contributed by atoms with Crippen LogP contribution in [0.15, 0.2) is 24.3 Å². The zero-order chi connectivity index (χ0) is 13.9. The lowest BCUT2D eigenvalue weighted by atomic mass is 10.1. The van der Waals surface area contributed by atoms with E-state index in [9.17, 15) is 9.18 Å². The fourth-order valence-electron chi connectivity index (χ4n) is 1.74. The van der Waals surface area contributed by atoms with Crippen molar-refractivity contribution in [3.63, 3.8) is 0 Å². The maximum atomic E-state index is 12.7. The Morgan fingerprint density at radius 2 is 1.58 bits per heavy atom. The normalized spacial score (nSPS) is 10.4. The molecule has 0 radical (unpaired) electrons. The summed E-state index contributed by atoms with van der Waals surface area (Å²) in [5, 5.41) is 0. The average molecular weight is 287 g/mol. The minimum atomic E-state index is -0.387. The third-order valence-corrected chi connectivity index (χ3v) is 3.11. The van der Waals surface area contributed by atoms with Crippen molar-refractivity contribution in [2.45, 2.75) is 38.5 Å². The number of unbranched alkanes of at least 4 members (excludes halogenated alkanes) is 5. The van der Waals surface area contributed by atoms with Crippen LogP contribution in [0.2, 0.25) is 0 Å². The topological polar surface area (TPSA) is 26.3 Å². The number of benzene rings is 1. The van der Waals surface area contributed by atoms with Crippen molar-refractivity contribution in [1.82, 2.24) is 0 Å². The lowest BCUT2D eigenvalue weighted by Crippen LogP contribution is -2.06. The number of carbonyl (C=O) groups excluding carboxylic acids is 1. The van der Waals surface area contributed by atoms with Gasteiger partial charge in [-0.3, -0.25) is 0 Å². The summed E-state index contributed by atoms with van der Waals surface area (Å²) in [7, 11) is 0. The molecule has 0 aliphatic heterocycles. The molecule has 0 aliphatic carbocycles. The van der Waals surface area contributed by atoms with Gasteiger partial charge in [0.05, 0.1) is 12.2 Å². The molecule has 0 bridgehead atoms. The van der Waals surface area contributed by atoms with Gasteiger partial charge in [0.2, 0.25) is 0 Å². The second kappa shape index (κ2) is 9.79. The number of rotatable bonds is 9. The smallest absolute Gasteiger partial charge is 0.338 e. The number of hydrogen-bond acceptors (Lipinski definition) is 2. The van der Waals surface area contributed by atoms with E-state index in [0.29, 0.717) is 12.2 Å². The van der Waals surface area contributed by atoms with Crippen LogP contribution < -0.4 is 0 Å². The van der Waals surface area contributed by atoms with Crippen LogP contribution >= 0.6 is 11.6 Å². The van der Waals surface area contributed by atoms with Gasteiger partial charge in [-0.25, -0.2) is 9.18 Å². The van der Waals surface area contributed by atoms with E-state index in [1.165, 1.54) is 37.1 Å². The maximum absolute atomic E-state index is 12.7. The fourth-order valence-corrected chi connectivity index (χ4v) is 1.93. The molecular formula is C15H20ClFO2. The first-order valence-corrected chi connectivity index (χ1v) is 7.26. The Bertz CT molecular complexity index is 365. The number of esters is 1. The molecule has 0 saturated carbocycles. The summed E-state index contributed by atoms with van der Waals surface area (Å²) in [6.07, 6.45) is 6.48. The van der Waals surface area contributed by atoms with Crippen LogP contribution in [-0.2, 0) is 4.74 Å². The Balaban J connectivity index is 2.06. The van der Waals surface area contributed by atoms with Crippen molar-refractivity contribution >= 4 is 17.6 Å². The first-order valence-electron chi connectivity index (χ1n) is 6.72. The molecule has 106 valence electrons. The molecule has 0 aromatic heterocycles. The molecule has 0 saturated heterocycles. The van der Waals surface area contributed by atoms with Crippen molar-refractivity contribution in [3.05, 3.63) is 35.6 Å². The van der Waals surface area contributed by atoms with Crippen LogP contribution in [0.4, 0.5) is 4.39 Å². The van der Waals surface area contributed by atoms with E-state index < -0.39 is 0 Å². The van der Waals surface area contributed by atoms with Crippen molar-refractivity contribution in [2.24, 2.45) is 0 Å². The monoisotopic (exact) mass is 286 g/mol. The largest absolute Gasteiger partial charge is 0.462 e. The highest BCUT2D eigenvalue weighted by Gasteiger charge is 2.06. The van der Waals surface area contributed by atoms with E-state index in [1.54, 1.807) is 0 Å². The highest BCUT2D eigenvalue weighted by molar-refractivity contribution is 6.17. The standard InChI is InChI=1S/C15H20ClFO2/c16-11-5-3-1-2-4-6-12-19-15(18)13-7-9-14(17)10-8-13/h7-10H,1-6,11-12H2. The van der Waals surface area contributed by atoms with E-state index in [-0.39, 0.29) is 11.8 Å².